The lowest BCUT2D eigenvalue weighted by Crippen LogP contribution is -2.39. The molecule has 2 atom stereocenters. The van der Waals surface area contributed by atoms with Crippen LogP contribution in [0.1, 0.15) is 34.0 Å². The quantitative estimate of drug-likeness (QED) is 0.275. The summed E-state index contributed by atoms with van der Waals surface area (Å²) in [7, 11) is 1.54. The number of nitrogens with one attached hydrogen (secondary N) is 3. The molecule has 3 aromatic carbocycles. The Morgan fingerprint density at radius 2 is 1.97 bits per heavy atom. The van der Waals surface area contributed by atoms with Crippen LogP contribution in [0.3, 0.4) is 0 Å². The topological polar surface area (TPSA) is 109 Å². The molecule has 0 bridgehead atoms. The van der Waals surface area contributed by atoms with Crippen LogP contribution in [0, 0.1) is 0 Å². The van der Waals surface area contributed by atoms with Crippen molar-refractivity contribution in [1.29, 1.82) is 0 Å². The first-order valence-electron chi connectivity index (χ1n) is 12.6. The highest BCUT2D eigenvalue weighted by atomic mass is 35.5. The van der Waals surface area contributed by atoms with Gasteiger partial charge in [0.1, 0.15) is 12.6 Å². The van der Waals surface area contributed by atoms with E-state index in [2.05, 4.69) is 22.0 Å². The van der Waals surface area contributed by atoms with Gasteiger partial charge in [0, 0.05) is 29.9 Å². The van der Waals surface area contributed by atoms with Gasteiger partial charge in [-0.3, -0.25) is 14.4 Å². The number of carbonyl (C=O) groups is 3. The molecule has 0 aromatic heterocycles. The number of anilines is 3. The lowest BCUT2D eigenvalue weighted by Gasteiger charge is -2.22. The summed E-state index contributed by atoms with van der Waals surface area (Å²) in [6, 6.07) is 16.3. The average molecular weight is 549 g/mol. The summed E-state index contributed by atoms with van der Waals surface area (Å²) in [4.78, 5) is 38.5. The number of rotatable bonds is 9. The second kappa shape index (κ2) is 11.2. The van der Waals surface area contributed by atoms with Crippen LogP contribution in [-0.4, -0.2) is 44.0 Å². The van der Waals surface area contributed by atoms with Crippen molar-refractivity contribution in [2.75, 3.05) is 29.2 Å². The molecule has 2 unspecified atom stereocenters. The fourth-order valence-electron chi connectivity index (χ4n) is 5.00. The van der Waals surface area contributed by atoms with Crippen LogP contribution in [0.15, 0.2) is 54.6 Å². The molecule has 5 rings (SSSR count). The standard InChI is InChI=1S/C29H29ClN4O5/c1-17(32-16-35)28(36)33-21-8-18(13-30)7-19(9-21)15-39-27-12-24-23(11-26(27)38-2)29(37)34-22(14-31-24)10-20-5-3-4-6-25(20)34/h3-9,11-12,16-17,22,31H,10,13-15H2,1-2H3,(H,32,35)(H,33,36). The van der Waals surface area contributed by atoms with Crippen molar-refractivity contribution in [1.82, 2.24) is 5.32 Å². The zero-order chi connectivity index (χ0) is 27.5. The Morgan fingerprint density at radius 3 is 2.74 bits per heavy atom. The van der Waals surface area contributed by atoms with Crippen molar-refractivity contribution >= 4 is 46.9 Å². The van der Waals surface area contributed by atoms with Crippen LogP contribution in [0.5, 0.6) is 11.5 Å². The normalized spacial score (nSPS) is 16.1. The molecular formula is C29H29ClN4O5. The van der Waals surface area contributed by atoms with E-state index in [1.54, 1.807) is 31.2 Å². The van der Waals surface area contributed by atoms with Crippen LogP contribution in [0.4, 0.5) is 17.1 Å². The lowest BCUT2D eigenvalue weighted by molar-refractivity contribution is -0.120. The van der Waals surface area contributed by atoms with Gasteiger partial charge in [-0.15, -0.1) is 11.6 Å². The van der Waals surface area contributed by atoms with E-state index in [1.165, 1.54) is 7.11 Å². The maximum Gasteiger partial charge on any atom is 0.260 e. The molecule has 0 saturated carbocycles. The minimum atomic E-state index is -0.690. The molecule has 2 aliphatic rings. The zero-order valence-corrected chi connectivity index (χ0v) is 22.4. The first kappa shape index (κ1) is 26.4. The average Bonchev–Trinajstić information content (AvgIpc) is 3.26. The number of ether oxygens (including phenoxy) is 2. The molecule has 202 valence electrons. The highest BCUT2D eigenvalue weighted by Crippen LogP contribution is 2.40. The summed E-state index contributed by atoms with van der Waals surface area (Å²) < 4.78 is 11.8. The zero-order valence-electron chi connectivity index (χ0n) is 21.6. The van der Waals surface area contributed by atoms with Gasteiger partial charge in [0.05, 0.1) is 24.4 Å². The van der Waals surface area contributed by atoms with Gasteiger partial charge in [-0.25, -0.2) is 0 Å². The Labute approximate surface area is 231 Å². The minimum Gasteiger partial charge on any atom is -0.493 e. The number of methoxy groups -OCH3 is 1. The Morgan fingerprint density at radius 1 is 1.18 bits per heavy atom. The third kappa shape index (κ3) is 5.35. The van der Waals surface area contributed by atoms with E-state index < -0.39 is 6.04 Å². The van der Waals surface area contributed by atoms with Gasteiger partial charge in [-0.2, -0.15) is 0 Å². The summed E-state index contributed by atoms with van der Waals surface area (Å²) in [5.74, 6) is 0.721. The maximum atomic E-state index is 13.6. The van der Waals surface area contributed by atoms with Crippen molar-refractivity contribution in [3.8, 4) is 11.5 Å². The molecule has 0 spiro atoms. The number of fused-ring (bicyclic) bond motifs is 4. The van der Waals surface area contributed by atoms with Crippen LogP contribution in [0.25, 0.3) is 0 Å². The van der Waals surface area contributed by atoms with E-state index in [4.69, 9.17) is 21.1 Å². The van der Waals surface area contributed by atoms with Gasteiger partial charge in [0.15, 0.2) is 11.5 Å². The predicted octanol–water partition coefficient (Wildman–Crippen LogP) is 4.08. The summed E-state index contributed by atoms with van der Waals surface area (Å²) in [6.07, 6.45) is 1.28. The van der Waals surface area contributed by atoms with Crippen molar-refractivity contribution in [3.05, 3.63) is 76.9 Å². The number of hydrogen-bond donors (Lipinski definition) is 3. The molecule has 39 heavy (non-hydrogen) atoms. The van der Waals surface area contributed by atoms with Crippen LogP contribution < -0.4 is 30.3 Å². The number of carbonyl (C=O) groups excluding carboxylic acids is 3. The smallest absolute Gasteiger partial charge is 0.260 e. The first-order chi connectivity index (χ1) is 18.9. The Bertz CT molecular complexity index is 1430. The third-order valence-electron chi connectivity index (χ3n) is 6.93. The van der Waals surface area contributed by atoms with E-state index >= 15 is 0 Å². The number of halogens is 1. The second-order valence-electron chi connectivity index (χ2n) is 9.55. The molecule has 3 aromatic rings. The second-order valence-corrected chi connectivity index (χ2v) is 9.81. The number of benzene rings is 3. The Hall–Kier alpha value is -4.24. The molecule has 0 fully saturated rings. The van der Waals surface area contributed by atoms with Gasteiger partial charge >= 0.3 is 0 Å². The van der Waals surface area contributed by atoms with E-state index in [9.17, 15) is 14.4 Å². The summed E-state index contributed by atoms with van der Waals surface area (Å²) in [6.45, 7) is 2.36. The molecule has 0 saturated heterocycles. The molecule has 3 amide bonds. The highest BCUT2D eigenvalue weighted by molar-refractivity contribution is 6.17. The number of para-hydroxylation sites is 1. The molecule has 2 aliphatic heterocycles. The first-order valence-corrected chi connectivity index (χ1v) is 13.1. The fraction of sp³-hybridized carbons (Fsp3) is 0.276. The molecule has 10 heteroatoms. The highest BCUT2D eigenvalue weighted by Gasteiger charge is 2.37. The third-order valence-corrected chi connectivity index (χ3v) is 7.24. The molecule has 9 nitrogen and oxygen atoms in total. The minimum absolute atomic E-state index is 0.0223. The Balaban J connectivity index is 1.37. The SMILES string of the molecule is COc1cc2c(cc1OCc1cc(CCl)cc(NC(=O)C(C)NC=O)c1)NCC1Cc3ccccc3N1C2=O. The Kier molecular flexibility index (Phi) is 7.60. The predicted molar refractivity (Wildman–Crippen MR) is 150 cm³/mol. The van der Waals surface area contributed by atoms with Gasteiger partial charge in [0.25, 0.3) is 5.91 Å². The van der Waals surface area contributed by atoms with Crippen molar-refractivity contribution in [3.63, 3.8) is 0 Å². The summed E-state index contributed by atoms with van der Waals surface area (Å²) in [5, 5.41) is 8.65. The summed E-state index contributed by atoms with van der Waals surface area (Å²) in [5.41, 5.74) is 5.42. The van der Waals surface area contributed by atoms with Crippen LogP contribution in [0.2, 0.25) is 0 Å². The van der Waals surface area contributed by atoms with Gasteiger partial charge < -0.3 is 30.3 Å². The van der Waals surface area contributed by atoms with E-state index in [1.807, 2.05) is 29.2 Å². The van der Waals surface area contributed by atoms with E-state index in [0.717, 1.165) is 28.8 Å². The summed E-state index contributed by atoms with van der Waals surface area (Å²) >= 11 is 6.09. The maximum absolute atomic E-state index is 13.6. The number of alkyl halides is 1. The van der Waals surface area contributed by atoms with Gasteiger partial charge in [-0.05, 0) is 54.3 Å². The van der Waals surface area contributed by atoms with Crippen molar-refractivity contribution < 1.29 is 23.9 Å². The molecular weight excluding hydrogens is 520 g/mol. The molecule has 0 aliphatic carbocycles. The number of amides is 3. The lowest BCUT2D eigenvalue weighted by atomic mass is 10.1. The van der Waals surface area contributed by atoms with Crippen LogP contribution >= 0.6 is 11.6 Å². The number of hydrogen-bond acceptors (Lipinski definition) is 6. The monoisotopic (exact) mass is 548 g/mol. The largest absolute Gasteiger partial charge is 0.493 e. The number of nitrogens with zero attached hydrogens (tertiary/aromatic N) is 1. The molecule has 2 heterocycles. The molecule has 3 N–H and O–H groups in total. The van der Waals surface area contributed by atoms with Crippen molar-refractivity contribution in [2.45, 2.75) is 37.9 Å². The molecule has 0 radical (unpaired) electrons. The van der Waals surface area contributed by atoms with Gasteiger partial charge in [0.2, 0.25) is 12.3 Å². The fourth-order valence-corrected chi connectivity index (χ4v) is 5.15. The van der Waals surface area contributed by atoms with Gasteiger partial charge in [-0.1, -0.05) is 24.3 Å². The van der Waals surface area contributed by atoms with Crippen LogP contribution in [-0.2, 0) is 28.5 Å². The van der Waals surface area contributed by atoms with Crippen molar-refractivity contribution in [2.24, 2.45) is 0 Å². The van der Waals surface area contributed by atoms with E-state index in [0.29, 0.717) is 41.4 Å². The van der Waals surface area contributed by atoms with E-state index in [-0.39, 0.29) is 30.3 Å².